The van der Waals surface area contributed by atoms with E-state index < -0.39 is 0 Å². The fourth-order valence-corrected chi connectivity index (χ4v) is 8.61. The first-order valence-electron chi connectivity index (χ1n) is 19.7. The van der Waals surface area contributed by atoms with Gasteiger partial charge in [-0.2, -0.15) is 0 Å². The summed E-state index contributed by atoms with van der Waals surface area (Å²) in [6.45, 7) is 4.69. The van der Waals surface area contributed by atoms with Gasteiger partial charge in [0.05, 0.1) is 11.4 Å². The highest BCUT2D eigenvalue weighted by Gasteiger charge is 2.35. The molecule has 0 N–H and O–H groups in total. The van der Waals surface area contributed by atoms with Gasteiger partial charge in [0.25, 0.3) is 0 Å². The third kappa shape index (κ3) is 6.26. The summed E-state index contributed by atoms with van der Waals surface area (Å²) in [6, 6.07) is 74.0. The fraction of sp³-hybridized carbons (Fsp3) is 0.0545. The summed E-state index contributed by atoms with van der Waals surface area (Å²) in [5.74, 6) is 0.706. The standard InChI is InChI=1S/C55H40N2/c1-55(2)49-29-16-15-28-45(49)48-33-42(30-31-50(48)55)47-35-44(37-18-7-3-8-19-37)34-46(53(47)39-22-11-5-12-23-39)41-26-17-27-43(32-41)52-36-51(38-20-9-4-10-21-38)56-54(57-52)40-24-13-6-14-25-40/h3-36H,1-2H3. The highest BCUT2D eigenvalue weighted by Crippen LogP contribution is 2.51. The Balaban J connectivity index is 1.21. The zero-order valence-electron chi connectivity index (χ0n) is 32.0. The van der Waals surface area contributed by atoms with Crippen molar-refractivity contribution >= 4 is 0 Å². The van der Waals surface area contributed by atoms with E-state index >= 15 is 0 Å². The number of hydrogen-bond donors (Lipinski definition) is 0. The molecule has 0 unspecified atom stereocenters. The molecular weight excluding hydrogens is 689 g/mol. The van der Waals surface area contributed by atoms with E-state index in [0.29, 0.717) is 5.82 Å². The highest BCUT2D eigenvalue weighted by atomic mass is 14.9. The Morgan fingerprint density at radius 1 is 0.298 bits per heavy atom. The van der Waals surface area contributed by atoms with E-state index in [4.69, 9.17) is 9.97 Å². The predicted molar refractivity (Wildman–Crippen MR) is 238 cm³/mol. The topological polar surface area (TPSA) is 25.8 Å². The van der Waals surface area contributed by atoms with Crippen LogP contribution in [0.1, 0.15) is 25.0 Å². The largest absolute Gasteiger partial charge is 0.228 e. The molecule has 1 aromatic heterocycles. The van der Waals surface area contributed by atoms with Crippen LogP contribution in [0, 0.1) is 0 Å². The van der Waals surface area contributed by atoms with Crippen LogP contribution >= 0.6 is 0 Å². The summed E-state index contributed by atoms with van der Waals surface area (Å²) in [5, 5.41) is 0. The lowest BCUT2D eigenvalue weighted by atomic mass is 9.81. The van der Waals surface area contributed by atoms with Crippen molar-refractivity contribution in [3.05, 3.63) is 217 Å². The molecule has 2 nitrogen and oxygen atoms in total. The lowest BCUT2D eigenvalue weighted by Gasteiger charge is -2.22. The van der Waals surface area contributed by atoms with Crippen LogP contribution in [0.4, 0.5) is 0 Å². The minimum atomic E-state index is -0.0635. The number of aromatic nitrogens is 2. The maximum absolute atomic E-state index is 5.20. The first-order valence-corrected chi connectivity index (χ1v) is 19.7. The zero-order valence-corrected chi connectivity index (χ0v) is 32.0. The zero-order chi connectivity index (χ0) is 38.3. The van der Waals surface area contributed by atoms with Crippen molar-refractivity contribution in [2.75, 3.05) is 0 Å². The van der Waals surface area contributed by atoms with Gasteiger partial charge in [-0.3, -0.25) is 0 Å². The minimum Gasteiger partial charge on any atom is -0.228 e. The van der Waals surface area contributed by atoms with Crippen LogP contribution in [-0.2, 0) is 5.41 Å². The predicted octanol–water partition coefficient (Wildman–Crippen LogP) is 14.5. The van der Waals surface area contributed by atoms with E-state index in [1.807, 2.05) is 24.3 Å². The monoisotopic (exact) mass is 728 g/mol. The van der Waals surface area contributed by atoms with Crippen LogP contribution in [0.2, 0.25) is 0 Å². The van der Waals surface area contributed by atoms with Gasteiger partial charge in [-0.15, -0.1) is 0 Å². The molecule has 0 amide bonds. The molecule has 270 valence electrons. The van der Waals surface area contributed by atoms with Crippen LogP contribution in [0.3, 0.4) is 0 Å². The third-order valence-electron chi connectivity index (χ3n) is 11.5. The summed E-state index contributed by atoms with van der Waals surface area (Å²) in [7, 11) is 0. The van der Waals surface area contributed by atoms with Crippen molar-refractivity contribution in [3.8, 4) is 89.5 Å². The molecule has 0 aliphatic heterocycles. The number of fused-ring (bicyclic) bond motifs is 3. The molecule has 0 saturated heterocycles. The fourth-order valence-electron chi connectivity index (χ4n) is 8.61. The average molecular weight is 729 g/mol. The van der Waals surface area contributed by atoms with Crippen molar-refractivity contribution in [1.29, 1.82) is 0 Å². The lowest BCUT2D eigenvalue weighted by Crippen LogP contribution is -2.14. The van der Waals surface area contributed by atoms with E-state index in [-0.39, 0.29) is 5.41 Å². The first-order chi connectivity index (χ1) is 28.0. The van der Waals surface area contributed by atoms with Gasteiger partial charge in [0.2, 0.25) is 0 Å². The summed E-state index contributed by atoms with van der Waals surface area (Å²) < 4.78 is 0. The molecule has 1 heterocycles. The number of benzene rings is 8. The second-order valence-corrected chi connectivity index (χ2v) is 15.4. The van der Waals surface area contributed by atoms with Gasteiger partial charge in [0.1, 0.15) is 0 Å². The summed E-state index contributed by atoms with van der Waals surface area (Å²) in [5.41, 5.74) is 19.6. The molecule has 1 aliphatic rings. The molecule has 57 heavy (non-hydrogen) atoms. The van der Waals surface area contributed by atoms with Gasteiger partial charge >= 0.3 is 0 Å². The Morgan fingerprint density at radius 3 is 1.44 bits per heavy atom. The third-order valence-corrected chi connectivity index (χ3v) is 11.5. The van der Waals surface area contributed by atoms with E-state index in [2.05, 4.69) is 196 Å². The SMILES string of the molecule is CC1(C)c2ccccc2-c2cc(-c3cc(-c4ccccc4)cc(-c4cccc(-c5cc(-c6ccccc6)nc(-c6ccccc6)n5)c4)c3-c3ccccc3)ccc21. The quantitative estimate of drug-likeness (QED) is 0.163. The van der Waals surface area contributed by atoms with E-state index in [1.165, 1.54) is 61.2 Å². The second-order valence-electron chi connectivity index (χ2n) is 15.4. The lowest BCUT2D eigenvalue weighted by molar-refractivity contribution is 0.660. The Kier molecular flexibility index (Phi) is 8.53. The minimum absolute atomic E-state index is 0.0635. The van der Waals surface area contributed by atoms with E-state index in [9.17, 15) is 0 Å². The Labute approximate surface area is 334 Å². The molecule has 0 radical (unpaired) electrons. The Hall–Kier alpha value is -7.16. The van der Waals surface area contributed by atoms with Crippen LogP contribution in [-0.4, -0.2) is 9.97 Å². The average Bonchev–Trinajstić information content (AvgIpc) is 3.52. The summed E-state index contributed by atoms with van der Waals surface area (Å²) in [4.78, 5) is 10.3. The molecule has 0 fully saturated rings. The van der Waals surface area contributed by atoms with E-state index in [1.54, 1.807) is 0 Å². The van der Waals surface area contributed by atoms with Crippen molar-refractivity contribution in [3.63, 3.8) is 0 Å². The van der Waals surface area contributed by atoms with Crippen LogP contribution in [0.25, 0.3) is 89.5 Å². The number of hydrogen-bond acceptors (Lipinski definition) is 2. The second kappa shape index (κ2) is 14.2. The Morgan fingerprint density at radius 2 is 0.772 bits per heavy atom. The molecular formula is C55H40N2. The smallest absolute Gasteiger partial charge is 0.160 e. The maximum atomic E-state index is 5.20. The molecule has 2 heteroatoms. The normalized spacial score (nSPS) is 12.5. The van der Waals surface area contributed by atoms with Gasteiger partial charge < -0.3 is 0 Å². The van der Waals surface area contributed by atoms with Crippen LogP contribution in [0.5, 0.6) is 0 Å². The highest BCUT2D eigenvalue weighted by molar-refractivity contribution is 5.99. The van der Waals surface area contributed by atoms with Gasteiger partial charge in [-0.1, -0.05) is 190 Å². The van der Waals surface area contributed by atoms with Crippen molar-refractivity contribution in [2.45, 2.75) is 19.3 Å². The van der Waals surface area contributed by atoms with Crippen molar-refractivity contribution in [2.24, 2.45) is 0 Å². The molecule has 0 atom stereocenters. The summed E-state index contributed by atoms with van der Waals surface area (Å²) >= 11 is 0. The van der Waals surface area contributed by atoms with Crippen molar-refractivity contribution in [1.82, 2.24) is 9.97 Å². The molecule has 10 rings (SSSR count). The number of rotatable bonds is 7. The van der Waals surface area contributed by atoms with Crippen LogP contribution < -0.4 is 0 Å². The van der Waals surface area contributed by atoms with E-state index in [0.717, 1.165) is 33.6 Å². The maximum Gasteiger partial charge on any atom is 0.160 e. The van der Waals surface area contributed by atoms with Gasteiger partial charge in [-0.25, -0.2) is 9.97 Å². The van der Waals surface area contributed by atoms with Gasteiger partial charge in [-0.05, 0) is 97.1 Å². The first kappa shape index (κ1) is 34.3. The molecule has 0 bridgehead atoms. The molecule has 8 aromatic carbocycles. The molecule has 1 aliphatic carbocycles. The van der Waals surface area contributed by atoms with Crippen LogP contribution in [0.15, 0.2) is 206 Å². The Bertz CT molecular complexity index is 2840. The van der Waals surface area contributed by atoms with Gasteiger partial charge in [0, 0.05) is 22.1 Å². The number of nitrogens with zero attached hydrogens (tertiary/aromatic N) is 2. The summed E-state index contributed by atoms with van der Waals surface area (Å²) in [6.07, 6.45) is 0. The van der Waals surface area contributed by atoms with Gasteiger partial charge in [0.15, 0.2) is 5.82 Å². The molecule has 9 aromatic rings. The molecule has 0 saturated carbocycles. The van der Waals surface area contributed by atoms with Crippen molar-refractivity contribution < 1.29 is 0 Å². The molecule has 0 spiro atoms.